The molecular weight excluding hydrogens is 372 g/mol. The summed E-state index contributed by atoms with van der Waals surface area (Å²) in [6.07, 6.45) is 0. The van der Waals surface area contributed by atoms with Crippen LogP contribution in [0.3, 0.4) is 0 Å². The van der Waals surface area contributed by atoms with Crippen LogP contribution in [-0.2, 0) is 0 Å². The number of anilines is 2. The first kappa shape index (κ1) is 14.3. The summed E-state index contributed by atoms with van der Waals surface area (Å²) < 4.78 is 0.877. The number of aryl methyl sites for hydroxylation is 1. The summed E-state index contributed by atoms with van der Waals surface area (Å²) >= 11 is 10.9. The summed E-state index contributed by atoms with van der Waals surface area (Å²) in [5.41, 5.74) is 1.21. The molecule has 0 spiro atoms. The van der Waals surface area contributed by atoms with Crippen molar-refractivity contribution in [3.8, 4) is 6.07 Å². The fourth-order valence-electron chi connectivity index (χ4n) is 1.96. The normalized spacial score (nSPS) is 10.6. The fourth-order valence-corrected chi connectivity index (χ4v) is 3.42. The average molecular weight is 380 g/mol. The Hall–Kier alpha value is -1.68. The molecule has 1 aromatic carbocycles. The summed E-state index contributed by atoms with van der Waals surface area (Å²) in [5.74, 6) is 0.601. The van der Waals surface area contributed by atoms with Gasteiger partial charge < -0.3 is 5.32 Å². The largest absolute Gasteiger partial charge is 0.338 e. The Bertz CT molecular complexity index is 885. The maximum Gasteiger partial charge on any atom is 0.225 e. The Balaban J connectivity index is 2.14. The Morgan fingerprint density at radius 2 is 2.14 bits per heavy atom. The van der Waals surface area contributed by atoms with Crippen LogP contribution in [-0.4, -0.2) is 9.97 Å². The van der Waals surface area contributed by atoms with E-state index in [4.69, 9.17) is 11.6 Å². The number of thiophene rings is 1. The maximum atomic E-state index is 9.20. The van der Waals surface area contributed by atoms with Crippen LogP contribution in [0.4, 0.5) is 11.5 Å². The Kier molecular flexibility index (Phi) is 3.81. The van der Waals surface area contributed by atoms with Gasteiger partial charge in [0.25, 0.3) is 0 Å². The quantitative estimate of drug-likeness (QED) is 0.634. The van der Waals surface area contributed by atoms with Gasteiger partial charge in [0.2, 0.25) is 5.28 Å². The Morgan fingerprint density at radius 1 is 1.33 bits per heavy atom. The molecule has 3 rings (SSSR count). The van der Waals surface area contributed by atoms with Crippen LogP contribution < -0.4 is 5.32 Å². The second kappa shape index (κ2) is 5.60. The standard InChI is InChI=1S/C14H8BrClN4S/c1-7-4-10-12(19-14(16)20-13(10)21-7)18-11-5-9(15)3-2-8(11)6-17/h2-5H,1H3,(H,18,19,20). The third-order valence-electron chi connectivity index (χ3n) is 2.84. The molecular formula is C14H8BrClN4S. The topological polar surface area (TPSA) is 61.6 Å². The van der Waals surface area contributed by atoms with Gasteiger partial charge in [-0.3, -0.25) is 0 Å². The van der Waals surface area contributed by atoms with Crippen LogP contribution in [0.2, 0.25) is 5.28 Å². The van der Waals surface area contributed by atoms with E-state index in [1.54, 1.807) is 17.4 Å². The van der Waals surface area contributed by atoms with E-state index in [2.05, 4.69) is 37.3 Å². The molecule has 104 valence electrons. The molecule has 4 nitrogen and oxygen atoms in total. The zero-order valence-corrected chi connectivity index (χ0v) is 14.0. The fraction of sp³-hybridized carbons (Fsp3) is 0.0714. The highest BCUT2D eigenvalue weighted by Gasteiger charge is 2.12. The summed E-state index contributed by atoms with van der Waals surface area (Å²) in [6.45, 7) is 2.00. The summed E-state index contributed by atoms with van der Waals surface area (Å²) in [6, 6.07) is 9.55. The average Bonchev–Trinajstić information content (AvgIpc) is 2.79. The number of nitrogens with one attached hydrogen (secondary N) is 1. The molecule has 0 aliphatic carbocycles. The minimum Gasteiger partial charge on any atom is -0.338 e. The van der Waals surface area contributed by atoms with Gasteiger partial charge in [-0.15, -0.1) is 11.3 Å². The minimum atomic E-state index is 0.181. The van der Waals surface area contributed by atoms with Gasteiger partial charge in [-0.2, -0.15) is 10.2 Å². The van der Waals surface area contributed by atoms with Gasteiger partial charge >= 0.3 is 0 Å². The van der Waals surface area contributed by atoms with Crippen molar-refractivity contribution in [1.82, 2.24) is 9.97 Å². The number of hydrogen-bond donors (Lipinski definition) is 1. The van der Waals surface area contributed by atoms with Gasteiger partial charge in [-0.05, 0) is 42.8 Å². The lowest BCUT2D eigenvalue weighted by Crippen LogP contribution is -1.98. The van der Waals surface area contributed by atoms with Crippen molar-refractivity contribution in [2.45, 2.75) is 6.92 Å². The highest BCUT2D eigenvalue weighted by molar-refractivity contribution is 9.10. The van der Waals surface area contributed by atoms with E-state index in [-0.39, 0.29) is 5.28 Å². The van der Waals surface area contributed by atoms with E-state index >= 15 is 0 Å². The van der Waals surface area contributed by atoms with E-state index in [1.165, 1.54) is 0 Å². The third kappa shape index (κ3) is 2.86. The van der Waals surface area contributed by atoms with Gasteiger partial charge in [0, 0.05) is 9.35 Å². The predicted molar refractivity (Wildman–Crippen MR) is 89.3 cm³/mol. The monoisotopic (exact) mass is 378 g/mol. The van der Waals surface area contributed by atoms with Crippen molar-refractivity contribution in [3.05, 3.63) is 44.5 Å². The molecule has 0 saturated carbocycles. The number of rotatable bonds is 2. The van der Waals surface area contributed by atoms with Crippen molar-refractivity contribution in [1.29, 1.82) is 5.26 Å². The van der Waals surface area contributed by atoms with Gasteiger partial charge in [0.05, 0.1) is 16.6 Å². The number of benzene rings is 1. The van der Waals surface area contributed by atoms with Crippen molar-refractivity contribution < 1.29 is 0 Å². The summed E-state index contributed by atoms with van der Waals surface area (Å²) in [5, 5.41) is 13.5. The van der Waals surface area contributed by atoms with Gasteiger partial charge in [-0.25, -0.2) is 4.98 Å². The van der Waals surface area contributed by atoms with Gasteiger partial charge in [-0.1, -0.05) is 15.9 Å². The van der Waals surface area contributed by atoms with Gasteiger partial charge in [0.15, 0.2) is 0 Å². The molecule has 0 bridgehead atoms. The molecule has 0 aliphatic heterocycles. The van der Waals surface area contributed by atoms with E-state index in [9.17, 15) is 5.26 Å². The zero-order valence-electron chi connectivity index (χ0n) is 10.8. The van der Waals surface area contributed by atoms with Crippen LogP contribution in [0.1, 0.15) is 10.4 Å². The molecule has 0 aliphatic rings. The predicted octanol–water partition coefficient (Wildman–Crippen LogP) is 5.03. The second-order valence-electron chi connectivity index (χ2n) is 4.34. The van der Waals surface area contributed by atoms with E-state index < -0.39 is 0 Å². The molecule has 3 aromatic rings. The van der Waals surface area contributed by atoms with E-state index in [0.717, 1.165) is 19.6 Å². The molecule has 0 fully saturated rings. The number of nitriles is 1. The van der Waals surface area contributed by atoms with Crippen molar-refractivity contribution in [3.63, 3.8) is 0 Å². The highest BCUT2D eigenvalue weighted by atomic mass is 79.9. The van der Waals surface area contributed by atoms with Crippen LogP contribution in [0, 0.1) is 18.3 Å². The van der Waals surface area contributed by atoms with Crippen molar-refractivity contribution in [2.75, 3.05) is 5.32 Å². The third-order valence-corrected chi connectivity index (χ3v) is 4.45. The molecule has 0 amide bonds. The molecule has 2 heterocycles. The van der Waals surface area contributed by atoms with Crippen molar-refractivity contribution >= 4 is 60.6 Å². The van der Waals surface area contributed by atoms with Crippen LogP contribution in [0.5, 0.6) is 0 Å². The number of fused-ring (bicyclic) bond motifs is 1. The van der Waals surface area contributed by atoms with E-state index in [0.29, 0.717) is 17.1 Å². The minimum absolute atomic E-state index is 0.181. The summed E-state index contributed by atoms with van der Waals surface area (Å²) in [4.78, 5) is 10.4. The molecule has 0 saturated heterocycles. The SMILES string of the molecule is Cc1cc2c(Nc3cc(Br)ccc3C#N)nc(Cl)nc2s1. The molecule has 0 radical (unpaired) electrons. The second-order valence-corrected chi connectivity index (χ2v) is 6.83. The molecule has 21 heavy (non-hydrogen) atoms. The molecule has 7 heteroatoms. The van der Waals surface area contributed by atoms with E-state index in [1.807, 2.05) is 25.1 Å². The Labute approximate surface area is 138 Å². The van der Waals surface area contributed by atoms with Gasteiger partial charge in [0.1, 0.15) is 16.7 Å². The lowest BCUT2D eigenvalue weighted by Gasteiger charge is -2.09. The number of nitrogens with zero attached hydrogens (tertiary/aromatic N) is 3. The molecule has 0 atom stereocenters. The smallest absolute Gasteiger partial charge is 0.225 e. The molecule has 1 N–H and O–H groups in total. The van der Waals surface area contributed by atoms with Crippen LogP contribution in [0.25, 0.3) is 10.2 Å². The maximum absolute atomic E-state index is 9.20. The lowest BCUT2D eigenvalue weighted by molar-refractivity contribution is 1.23. The zero-order chi connectivity index (χ0) is 15.0. The summed E-state index contributed by atoms with van der Waals surface area (Å²) in [7, 11) is 0. The molecule has 2 aromatic heterocycles. The first-order valence-corrected chi connectivity index (χ1v) is 7.96. The number of aromatic nitrogens is 2. The highest BCUT2D eigenvalue weighted by Crippen LogP contribution is 2.32. The van der Waals surface area contributed by atoms with Crippen LogP contribution >= 0.6 is 38.9 Å². The molecule has 0 unspecified atom stereocenters. The number of halogens is 2. The Morgan fingerprint density at radius 3 is 2.90 bits per heavy atom. The van der Waals surface area contributed by atoms with Crippen molar-refractivity contribution in [2.24, 2.45) is 0 Å². The first-order chi connectivity index (χ1) is 10.1. The first-order valence-electron chi connectivity index (χ1n) is 5.97. The van der Waals surface area contributed by atoms with Crippen LogP contribution in [0.15, 0.2) is 28.7 Å². The lowest BCUT2D eigenvalue weighted by atomic mass is 10.2. The number of hydrogen-bond acceptors (Lipinski definition) is 5.